The summed E-state index contributed by atoms with van der Waals surface area (Å²) in [4.78, 5) is 24.9. The van der Waals surface area contributed by atoms with Gasteiger partial charge < -0.3 is 4.74 Å². The molecule has 0 unspecified atom stereocenters. The van der Waals surface area contributed by atoms with Gasteiger partial charge in [0.1, 0.15) is 24.7 Å². The quantitative estimate of drug-likeness (QED) is 0.513. The Bertz CT molecular complexity index is 886. The third-order valence-corrected chi connectivity index (χ3v) is 3.56. The van der Waals surface area contributed by atoms with Crippen LogP contribution in [0.2, 0.25) is 0 Å². The molecule has 6 heteroatoms. The summed E-state index contributed by atoms with van der Waals surface area (Å²) in [7, 11) is 0. The van der Waals surface area contributed by atoms with Gasteiger partial charge in [0.25, 0.3) is 0 Å². The number of para-hydroxylation sites is 3. The van der Waals surface area contributed by atoms with Gasteiger partial charge in [0.15, 0.2) is 0 Å². The van der Waals surface area contributed by atoms with Crippen LogP contribution < -0.4 is 9.64 Å². The number of benzene rings is 3. The number of amides is 1. The van der Waals surface area contributed by atoms with Crippen LogP contribution in [0.3, 0.4) is 0 Å². The lowest BCUT2D eigenvalue weighted by molar-refractivity contribution is 0.210. The van der Waals surface area contributed by atoms with Crippen LogP contribution in [0, 0.1) is 0 Å². The Balaban J connectivity index is 0.000000320. The zero-order valence-corrected chi connectivity index (χ0v) is 15.0. The fourth-order valence-corrected chi connectivity index (χ4v) is 2.35. The molecule has 4 aromatic rings. The molecule has 0 aliphatic rings. The molecule has 0 saturated heterocycles. The molecule has 0 bridgehead atoms. The summed E-state index contributed by atoms with van der Waals surface area (Å²) in [5, 5.41) is 0. The Kier molecular flexibility index (Phi) is 6.81. The van der Waals surface area contributed by atoms with Crippen molar-refractivity contribution in [3.63, 3.8) is 0 Å². The number of nitrogens with zero attached hydrogens (tertiary/aromatic N) is 4. The molecular weight excluding hydrogens is 352 g/mol. The van der Waals surface area contributed by atoms with Gasteiger partial charge in [-0.25, -0.2) is 24.6 Å². The second-order valence-electron chi connectivity index (χ2n) is 5.48. The Labute approximate surface area is 163 Å². The maximum Gasteiger partial charge on any atom is 0.424 e. The molecule has 0 fully saturated rings. The van der Waals surface area contributed by atoms with Crippen molar-refractivity contribution in [2.24, 2.45) is 0 Å². The molecule has 0 radical (unpaired) electrons. The van der Waals surface area contributed by atoms with Gasteiger partial charge in [0, 0.05) is 0 Å². The van der Waals surface area contributed by atoms with Crippen LogP contribution >= 0.6 is 0 Å². The Morgan fingerprint density at radius 1 is 0.607 bits per heavy atom. The van der Waals surface area contributed by atoms with E-state index >= 15 is 0 Å². The predicted octanol–water partition coefficient (Wildman–Crippen LogP) is 4.90. The van der Waals surface area contributed by atoms with E-state index in [4.69, 9.17) is 4.74 Å². The summed E-state index contributed by atoms with van der Waals surface area (Å²) in [5.41, 5.74) is 1.52. The van der Waals surface area contributed by atoms with Gasteiger partial charge >= 0.3 is 6.09 Å². The van der Waals surface area contributed by atoms with Crippen molar-refractivity contribution in [2.75, 3.05) is 4.90 Å². The number of anilines is 2. The van der Waals surface area contributed by atoms with E-state index in [-0.39, 0.29) is 0 Å². The van der Waals surface area contributed by atoms with Crippen molar-refractivity contribution in [3.8, 4) is 5.75 Å². The molecule has 1 aromatic heterocycles. The monoisotopic (exact) mass is 370 g/mol. The fourth-order valence-electron chi connectivity index (χ4n) is 2.35. The zero-order chi connectivity index (χ0) is 19.4. The van der Waals surface area contributed by atoms with Gasteiger partial charge in [-0.2, -0.15) is 0 Å². The average Bonchev–Trinajstić information content (AvgIpc) is 2.78. The van der Waals surface area contributed by atoms with E-state index in [0.29, 0.717) is 5.75 Å². The molecule has 0 atom stereocenters. The maximum atomic E-state index is 12.6. The average molecular weight is 370 g/mol. The maximum absolute atomic E-state index is 12.6. The van der Waals surface area contributed by atoms with Crippen LogP contribution in [0.25, 0.3) is 0 Å². The van der Waals surface area contributed by atoms with Crippen LogP contribution in [0.5, 0.6) is 5.75 Å². The first kappa shape index (κ1) is 18.7. The highest BCUT2D eigenvalue weighted by molar-refractivity contribution is 5.97. The summed E-state index contributed by atoms with van der Waals surface area (Å²) in [6.07, 6.45) is 3.87. The van der Waals surface area contributed by atoms with Gasteiger partial charge in [-0.15, -0.1) is 0 Å². The van der Waals surface area contributed by atoms with Crippen molar-refractivity contribution in [1.82, 2.24) is 15.0 Å². The van der Waals surface area contributed by atoms with E-state index in [1.54, 1.807) is 17.0 Å². The number of rotatable bonds is 3. The minimum absolute atomic E-state index is 0.441. The number of carbonyl (C=O) groups is 1. The normalized spacial score (nSPS) is 9.57. The van der Waals surface area contributed by atoms with E-state index in [2.05, 4.69) is 15.0 Å². The van der Waals surface area contributed by atoms with Gasteiger partial charge in [0.2, 0.25) is 0 Å². The largest absolute Gasteiger partial charge is 0.424 e. The van der Waals surface area contributed by atoms with Crippen LogP contribution in [0.15, 0.2) is 110 Å². The van der Waals surface area contributed by atoms with Crippen molar-refractivity contribution >= 4 is 17.5 Å². The summed E-state index contributed by atoms with van der Waals surface area (Å²) in [5.74, 6) is 0.518. The summed E-state index contributed by atoms with van der Waals surface area (Å²) >= 11 is 0. The molecule has 0 aliphatic carbocycles. The number of hydrogen-bond acceptors (Lipinski definition) is 5. The molecule has 0 spiro atoms. The van der Waals surface area contributed by atoms with Crippen molar-refractivity contribution < 1.29 is 9.53 Å². The molecule has 1 amide bonds. The molecule has 28 heavy (non-hydrogen) atoms. The Hall–Kier alpha value is -4.06. The van der Waals surface area contributed by atoms with Gasteiger partial charge in [0.05, 0.1) is 11.4 Å². The summed E-state index contributed by atoms with van der Waals surface area (Å²) < 4.78 is 5.47. The van der Waals surface area contributed by atoms with E-state index in [9.17, 15) is 4.79 Å². The lowest BCUT2D eigenvalue weighted by Crippen LogP contribution is -2.29. The van der Waals surface area contributed by atoms with Crippen molar-refractivity contribution in [1.29, 1.82) is 0 Å². The topological polar surface area (TPSA) is 68.2 Å². The molecule has 0 saturated carbocycles. The first-order valence-electron chi connectivity index (χ1n) is 8.56. The number of hydrogen-bond donors (Lipinski definition) is 0. The van der Waals surface area contributed by atoms with Crippen molar-refractivity contribution in [2.45, 2.75) is 0 Å². The van der Waals surface area contributed by atoms with Crippen LogP contribution in [0.4, 0.5) is 16.2 Å². The van der Waals surface area contributed by atoms with E-state index in [1.807, 2.05) is 78.9 Å². The molecule has 4 rings (SSSR count). The minimum atomic E-state index is -0.441. The SMILES string of the molecule is O=C(Oc1ccccc1)N(c1ccccc1)c1ccccc1.c1ncncn1. The fraction of sp³-hybridized carbons (Fsp3) is 0. The zero-order valence-electron chi connectivity index (χ0n) is 15.0. The number of ether oxygens (including phenoxy) is 1. The minimum Gasteiger partial charge on any atom is -0.410 e. The third kappa shape index (κ3) is 5.47. The van der Waals surface area contributed by atoms with Crippen LogP contribution in [-0.2, 0) is 0 Å². The molecule has 3 aromatic carbocycles. The first-order valence-corrected chi connectivity index (χ1v) is 8.56. The number of aromatic nitrogens is 3. The van der Waals surface area contributed by atoms with Gasteiger partial charge in [-0.1, -0.05) is 54.6 Å². The molecule has 138 valence electrons. The summed E-state index contributed by atoms with van der Waals surface area (Å²) in [6, 6.07) is 27.9. The first-order chi connectivity index (χ1) is 13.8. The second kappa shape index (κ2) is 10.2. The smallest absolute Gasteiger partial charge is 0.410 e. The lowest BCUT2D eigenvalue weighted by atomic mass is 10.2. The second-order valence-corrected chi connectivity index (χ2v) is 5.48. The third-order valence-electron chi connectivity index (χ3n) is 3.56. The molecule has 6 nitrogen and oxygen atoms in total. The summed E-state index contributed by atoms with van der Waals surface area (Å²) in [6.45, 7) is 0. The predicted molar refractivity (Wildman–Crippen MR) is 107 cm³/mol. The Morgan fingerprint density at radius 3 is 1.39 bits per heavy atom. The number of carbonyl (C=O) groups excluding carboxylic acids is 1. The van der Waals surface area contributed by atoms with Crippen LogP contribution in [-0.4, -0.2) is 21.0 Å². The molecular formula is C22H18N4O2. The highest BCUT2D eigenvalue weighted by Gasteiger charge is 2.19. The lowest BCUT2D eigenvalue weighted by Gasteiger charge is -2.22. The van der Waals surface area contributed by atoms with E-state index in [1.165, 1.54) is 19.0 Å². The van der Waals surface area contributed by atoms with E-state index in [0.717, 1.165) is 11.4 Å². The Morgan fingerprint density at radius 2 is 1.00 bits per heavy atom. The standard InChI is InChI=1S/C19H15NO2.C3H3N3/c21-19(22-18-14-8-3-9-15-18)20(16-10-4-1-5-11-16)17-12-6-2-7-13-17;1-4-2-6-3-5-1/h1-15H;1-3H. The van der Waals surface area contributed by atoms with Gasteiger partial charge in [-0.3, -0.25) is 0 Å². The molecule has 0 N–H and O–H groups in total. The van der Waals surface area contributed by atoms with Crippen LogP contribution in [0.1, 0.15) is 0 Å². The van der Waals surface area contributed by atoms with E-state index < -0.39 is 6.09 Å². The highest BCUT2D eigenvalue weighted by atomic mass is 16.6. The molecule has 1 heterocycles. The highest BCUT2D eigenvalue weighted by Crippen LogP contribution is 2.26. The molecule has 0 aliphatic heterocycles. The van der Waals surface area contributed by atoms with Gasteiger partial charge in [-0.05, 0) is 36.4 Å². The van der Waals surface area contributed by atoms with Crippen molar-refractivity contribution in [3.05, 3.63) is 110 Å².